The van der Waals surface area contributed by atoms with E-state index in [1.165, 1.54) is 6.20 Å². The minimum absolute atomic E-state index is 0.266. The molecule has 0 amide bonds. The Hall–Kier alpha value is -1.65. The van der Waals surface area contributed by atoms with E-state index in [4.69, 9.17) is 17.3 Å². The molecule has 1 atom stereocenters. The van der Waals surface area contributed by atoms with Gasteiger partial charge in [-0.25, -0.2) is 4.98 Å². The summed E-state index contributed by atoms with van der Waals surface area (Å²) < 4.78 is 0. The number of rotatable bonds is 2. The molecule has 0 radical (unpaired) electrons. The standard InChI is InChI=1S/C12H12ClN3O/c1-7-2-3-8(5-15-7)11(17)10-4-9(13)6-16-12(10)14/h2-6,11,17H,1H3,(H2,14,16). The van der Waals surface area contributed by atoms with Crippen molar-refractivity contribution >= 4 is 17.4 Å². The Morgan fingerprint density at radius 3 is 2.71 bits per heavy atom. The maximum atomic E-state index is 10.2. The first-order chi connectivity index (χ1) is 8.08. The van der Waals surface area contributed by atoms with Crippen molar-refractivity contribution < 1.29 is 5.11 Å². The van der Waals surface area contributed by atoms with E-state index >= 15 is 0 Å². The summed E-state index contributed by atoms with van der Waals surface area (Å²) in [5.74, 6) is 0.266. The van der Waals surface area contributed by atoms with E-state index in [0.29, 0.717) is 16.1 Å². The first-order valence-electron chi connectivity index (χ1n) is 5.09. The Morgan fingerprint density at radius 1 is 1.29 bits per heavy atom. The molecule has 0 spiro atoms. The summed E-state index contributed by atoms with van der Waals surface area (Å²) >= 11 is 5.83. The molecule has 3 N–H and O–H groups in total. The molecule has 0 bridgehead atoms. The number of anilines is 1. The highest BCUT2D eigenvalue weighted by molar-refractivity contribution is 6.30. The minimum atomic E-state index is -0.866. The highest BCUT2D eigenvalue weighted by Gasteiger charge is 2.15. The van der Waals surface area contributed by atoms with Crippen molar-refractivity contribution in [2.75, 3.05) is 5.73 Å². The predicted octanol–water partition coefficient (Wildman–Crippen LogP) is 2.10. The second-order valence-corrected chi connectivity index (χ2v) is 4.20. The van der Waals surface area contributed by atoms with E-state index in [2.05, 4.69) is 9.97 Å². The number of hydrogen-bond donors (Lipinski definition) is 2. The number of nitrogens with two attached hydrogens (primary N) is 1. The fourth-order valence-electron chi connectivity index (χ4n) is 1.51. The highest BCUT2D eigenvalue weighted by Crippen LogP contribution is 2.27. The van der Waals surface area contributed by atoms with E-state index in [1.54, 1.807) is 18.3 Å². The lowest BCUT2D eigenvalue weighted by atomic mass is 10.0. The van der Waals surface area contributed by atoms with Gasteiger partial charge in [-0.3, -0.25) is 4.98 Å². The Labute approximate surface area is 104 Å². The molecular weight excluding hydrogens is 238 g/mol. The van der Waals surface area contributed by atoms with Crippen LogP contribution in [0.4, 0.5) is 5.82 Å². The Morgan fingerprint density at radius 2 is 2.06 bits per heavy atom. The van der Waals surface area contributed by atoms with Crippen LogP contribution in [0.3, 0.4) is 0 Å². The van der Waals surface area contributed by atoms with E-state index in [0.717, 1.165) is 5.69 Å². The van der Waals surface area contributed by atoms with Crippen LogP contribution < -0.4 is 5.73 Å². The Bertz CT molecular complexity index is 528. The molecular formula is C12H12ClN3O. The normalized spacial score (nSPS) is 12.4. The summed E-state index contributed by atoms with van der Waals surface area (Å²) in [6, 6.07) is 5.23. The monoisotopic (exact) mass is 249 g/mol. The zero-order valence-electron chi connectivity index (χ0n) is 9.26. The van der Waals surface area contributed by atoms with Crippen LogP contribution in [-0.2, 0) is 0 Å². The maximum Gasteiger partial charge on any atom is 0.129 e. The van der Waals surface area contributed by atoms with Crippen molar-refractivity contribution in [1.29, 1.82) is 0 Å². The summed E-state index contributed by atoms with van der Waals surface area (Å²) in [4.78, 5) is 8.03. The molecule has 0 fully saturated rings. The SMILES string of the molecule is Cc1ccc(C(O)c2cc(Cl)cnc2N)cn1. The second-order valence-electron chi connectivity index (χ2n) is 3.76. The van der Waals surface area contributed by atoms with Gasteiger partial charge in [-0.1, -0.05) is 17.7 Å². The molecule has 0 aliphatic heterocycles. The number of halogens is 1. The number of hydrogen-bond acceptors (Lipinski definition) is 4. The van der Waals surface area contributed by atoms with Crippen LogP contribution in [0.15, 0.2) is 30.6 Å². The Balaban J connectivity index is 2.39. The van der Waals surface area contributed by atoms with Gasteiger partial charge < -0.3 is 10.8 Å². The molecule has 0 aliphatic carbocycles. The summed E-state index contributed by atoms with van der Waals surface area (Å²) in [6.45, 7) is 1.88. The van der Waals surface area contributed by atoms with Gasteiger partial charge in [-0.05, 0) is 19.1 Å². The van der Waals surface area contributed by atoms with E-state index in [1.807, 2.05) is 13.0 Å². The highest BCUT2D eigenvalue weighted by atomic mass is 35.5. The first-order valence-corrected chi connectivity index (χ1v) is 5.47. The molecule has 2 rings (SSSR count). The zero-order chi connectivity index (χ0) is 12.4. The molecule has 0 saturated carbocycles. The molecule has 0 aliphatic rings. The zero-order valence-corrected chi connectivity index (χ0v) is 10.0. The average Bonchev–Trinajstić information content (AvgIpc) is 2.32. The van der Waals surface area contributed by atoms with Gasteiger partial charge in [0, 0.05) is 29.2 Å². The van der Waals surface area contributed by atoms with Crippen LogP contribution in [0.25, 0.3) is 0 Å². The summed E-state index contributed by atoms with van der Waals surface area (Å²) in [5.41, 5.74) is 7.74. The van der Waals surface area contributed by atoms with Crippen molar-refractivity contribution in [3.8, 4) is 0 Å². The molecule has 5 heteroatoms. The lowest BCUT2D eigenvalue weighted by Gasteiger charge is -2.13. The smallest absolute Gasteiger partial charge is 0.129 e. The van der Waals surface area contributed by atoms with E-state index < -0.39 is 6.10 Å². The van der Waals surface area contributed by atoms with Gasteiger partial charge in [0.2, 0.25) is 0 Å². The number of nitrogens with zero attached hydrogens (tertiary/aromatic N) is 2. The number of aliphatic hydroxyl groups excluding tert-OH is 1. The van der Waals surface area contributed by atoms with E-state index in [-0.39, 0.29) is 5.82 Å². The molecule has 2 aromatic heterocycles. The van der Waals surface area contributed by atoms with Gasteiger partial charge in [0.15, 0.2) is 0 Å². The number of aliphatic hydroxyl groups is 1. The first kappa shape index (κ1) is 11.8. The summed E-state index contributed by atoms with van der Waals surface area (Å²) in [5, 5.41) is 10.6. The molecule has 2 aromatic rings. The lowest BCUT2D eigenvalue weighted by Crippen LogP contribution is -2.06. The van der Waals surface area contributed by atoms with Crippen LogP contribution in [0.5, 0.6) is 0 Å². The van der Waals surface area contributed by atoms with Crippen molar-refractivity contribution in [3.05, 3.63) is 52.4 Å². The molecule has 4 nitrogen and oxygen atoms in total. The number of pyridine rings is 2. The third-order valence-corrected chi connectivity index (χ3v) is 2.67. The van der Waals surface area contributed by atoms with Crippen molar-refractivity contribution in [2.24, 2.45) is 0 Å². The fourth-order valence-corrected chi connectivity index (χ4v) is 1.67. The molecule has 17 heavy (non-hydrogen) atoms. The van der Waals surface area contributed by atoms with Crippen molar-refractivity contribution in [3.63, 3.8) is 0 Å². The van der Waals surface area contributed by atoms with Crippen molar-refractivity contribution in [2.45, 2.75) is 13.0 Å². The summed E-state index contributed by atoms with van der Waals surface area (Å²) in [7, 11) is 0. The van der Waals surface area contributed by atoms with Gasteiger partial charge in [0.1, 0.15) is 11.9 Å². The van der Waals surface area contributed by atoms with Crippen molar-refractivity contribution in [1.82, 2.24) is 9.97 Å². The quantitative estimate of drug-likeness (QED) is 0.855. The van der Waals surface area contributed by atoms with Gasteiger partial charge in [0.05, 0.1) is 5.02 Å². The molecule has 1 unspecified atom stereocenters. The predicted molar refractivity (Wildman–Crippen MR) is 66.7 cm³/mol. The van der Waals surface area contributed by atoms with Crippen LogP contribution in [-0.4, -0.2) is 15.1 Å². The molecule has 0 saturated heterocycles. The largest absolute Gasteiger partial charge is 0.383 e. The van der Waals surface area contributed by atoms with Crippen LogP contribution in [0, 0.1) is 6.92 Å². The van der Waals surface area contributed by atoms with Gasteiger partial charge >= 0.3 is 0 Å². The Kier molecular flexibility index (Phi) is 3.26. The lowest BCUT2D eigenvalue weighted by molar-refractivity contribution is 0.220. The number of nitrogen functional groups attached to an aromatic ring is 1. The van der Waals surface area contributed by atoms with E-state index in [9.17, 15) is 5.11 Å². The fraction of sp³-hybridized carbons (Fsp3) is 0.167. The second kappa shape index (κ2) is 4.69. The molecule has 0 aromatic carbocycles. The van der Waals surface area contributed by atoms with Crippen LogP contribution in [0.2, 0.25) is 5.02 Å². The topological polar surface area (TPSA) is 72.0 Å². The third kappa shape index (κ3) is 2.54. The number of aromatic nitrogens is 2. The van der Waals surface area contributed by atoms with Crippen LogP contribution in [0.1, 0.15) is 22.9 Å². The van der Waals surface area contributed by atoms with Gasteiger partial charge in [-0.2, -0.15) is 0 Å². The van der Waals surface area contributed by atoms with Gasteiger partial charge in [0.25, 0.3) is 0 Å². The van der Waals surface area contributed by atoms with Gasteiger partial charge in [-0.15, -0.1) is 0 Å². The summed E-state index contributed by atoms with van der Waals surface area (Å²) in [6.07, 6.45) is 2.19. The van der Waals surface area contributed by atoms with Crippen LogP contribution >= 0.6 is 11.6 Å². The molecule has 88 valence electrons. The average molecular weight is 250 g/mol. The maximum absolute atomic E-state index is 10.2. The number of aryl methyl sites for hydroxylation is 1. The molecule has 2 heterocycles. The minimum Gasteiger partial charge on any atom is -0.383 e. The third-order valence-electron chi connectivity index (χ3n) is 2.46.